The van der Waals surface area contributed by atoms with E-state index in [4.69, 9.17) is 0 Å². The van der Waals surface area contributed by atoms with E-state index in [0.29, 0.717) is 23.5 Å². The molecule has 1 N–H and O–H groups in total. The van der Waals surface area contributed by atoms with Gasteiger partial charge >= 0.3 is 15.5 Å². The Morgan fingerprint density at radius 1 is 0.974 bits per heavy atom. The van der Waals surface area contributed by atoms with E-state index in [1.54, 1.807) is 22.6 Å². The summed E-state index contributed by atoms with van der Waals surface area (Å²) in [6.07, 6.45) is 2.78. The zero-order valence-electron chi connectivity index (χ0n) is 20.4. The van der Waals surface area contributed by atoms with E-state index in [-0.39, 0.29) is 11.4 Å². The molecule has 202 valence electrons. The Balaban J connectivity index is 1.37. The van der Waals surface area contributed by atoms with Crippen LogP contribution >= 0.6 is 23.1 Å². The van der Waals surface area contributed by atoms with Crippen molar-refractivity contribution in [2.45, 2.75) is 41.0 Å². The third-order valence-electron chi connectivity index (χ3n) is 6.62. The second-order valence-corrected chi connectivity index (χ2v) is 13.1. The molecule has 6 rings (SSSR count). The fourth-order valence-corrected chi connectivity index (χ4v) is 7.34. The highest BCUT2D eigenvalue weighted by Crippen LogP contribution is 2.46. The summed E-state index contributed by atoms with van der Waals surface area (Å²) < 4.78 is 66.9. The van der Waals surface area contributed by atoms with Crippen molar-refractivity contribution in [3.63, 3.8) is 0 Å². The largest absolute Gasteiger partial charge is 0.516 e. The average molecular weight is 590 g/mol. The molecule has 0 fully saturated rings. The maximum Gasteiger partial charge on any atom is 0.516 e. The molecule has 1 aromatic heterocycles. The molecule has 13 heteroatoms. The van der Waals surface area contributed by atoms with Gasteiger partial charge in [0.05, 0.1) is 15.9 Å². The standard InChI is InChI=1S/C26H22F3N5O2S3/c27-26(28,29)39(35,36)33-23-19-9-5-13-34-12-4-6-16(24(19)34)14-21(23)31-32-25-30-20-11-10-18(15-22(20)38-25)37-17-7-2-1-3-8-17/h1-3,7-8,10-11,14-15,33H,4-6,9,12-13H2. The van der Waals surface area contributed by atoms with E-state index in [2.05, 4.69) is 20.1 Å². The molecule has 2 aliphatic heterocycles. The molecule has 3 heterocycles. The highest BCUT2D eigenvalue weighted by atomic mass is 32.2. The van der Waals surface area contributed by atoms with E-state index >= 15 is 0 Å². The molecular formula is C26H22F3N5O2S3. The number of anilines is 2. The first-order valence-corrected chi connectivity index (χ1v) is 15.4. The number of aryl methyl sites for hydroxylation is 1. The molecule has 2 aliphatic rings. The summed E-state index contributed by atoms with van der Waals surface area (Å²) in [7, 11) is -5.65. The fourth-order valence-electron chi connectivity index (χ4n) is 4.95. The van der Waals surface area contributed by atoms with E-state index < -0.39 is 15.5 Å². The number of nitrogens with one attached hydrogen (secondary N) is 1. The number of thiazole rings is 1. The summed E-state index contributed by atoms with van der Waals surface area (Å²) in [5, 5.41) is 8.81. The monoisotopic (exact) mass is 589 g/mol. The number of benzene rings is 3. The second-order valence-electron chi connectivity index (χ2n) is 9.24. The zero-order chi connectivity index (χ0) is 27.2. The van der Waals surface area contributed by atoms with Gasteiger partial charge in [0, 0.05) is 34.1 Å². The molecule has 0 aliphatic carbocycles. The molecule has 0 amide bonds. The van der Waals surface area contributed by atoms with Crippen LogP contribution in [-0.2, 0) is 22.9 Å². The van der Waals surface area contributed by atoms with Crippen LogP contribution < -0.4 is 9.62 Å². The van der Waals surface area contributed by atoms with Crippen LogP contribution in [0.15, 0.2) is 74.6 Å². The number of alkyl halides is 3. The summed E-state index contributed by atoms with van der Waals surface area (Å²) in [5.41, 5.74) is -2.56. The van der Waals surface area contributed by atoms with E-state index in [1.807, 2.05) is 48.5 Å². The van der Waals surface area contributed by atoms with Crippen molar-refractivity contribution < 1.29 is 21.6 Å². The predicted octanol–water partition coefficient (Wildman–Crippen LogP) is 7.82. The number of azo groups is 1. The number of fused-ring (bicyclic) bond motifs is 1. The minimum atomic E-state index is -5.65. The zero-order valence-corrected chi connectivity index (χ0v) is 22.9. The lowest BCUT2D eigenvalue weighted by atomic mass is 9.90. The Labute approximate surface area is 231 Å². The van der Waals surface area contributed by atoms with Gasteiger partial charge in [-0.15, -0.1) is 10.2 Å². The van der Waals surface area contributed by atoms with E-state index in [9.17, 15) is 21.6 Å². The van der Waals surface area contributed by atoms with Gasteiger partial charge in [0.1, 0.15) is 5.69 Å². The summed E-state index contributed by atoms with van der Waals surface area (Å²) >= 11 is 2.92. The maximum atomic E-state index is 13.3. The fraction of sp³-hybridized carbons (Fsp3) is 0.269. The molecule has 0 radical (unpaired) electrons. The molecular weight excluding hydrogens is 568 g/mol. The number of rotatable bonds is 6. The topological polar surface area (TPSA) is 87.0 Å². The number of halogens is 3. The van der Waals surface area contributed by atoms with Crippen LogP contribution in [0.4, 0.5) is 35.4 Å². The lowest BCUT2D eigenvalue weighted by molar-refractivity contribution is -0.0429. The highest BCUT2D eigenvalue weighted by Gasteiger charge is 2.47. The van der Waals surface area contributed by atoms with Crippen molar-refractivity contribution in [3.8, 4) is 0 Å². The van der Waals surface area contributed by atoms with Gasteiger partial charge in [0.2, 0.25) is 5.13 Å². The molecule has 4 aromatic rings. The Kier molecular flexibility index (Phi) is 6.76. The first-order chi connectivity index (χ1) is 18.7. The first kappa shape index (κ1) is 26.1. The third-order valence-corrected chi connectivity index (χ3v) is 9.60. The quantitative estimate of drug-likeness (QED) is 0.232. The van der Waals surface area contributed by atoms with Crippen molar-refractivity contribution in [1.82, 2.24) is 4.98 Å². The van der Waals surface area contributed by atoms with Crippen molar-refractivity contribution in [2.75, 3.05) is 22.7 Å². The number of sulfonamides is 1. The van der Waals surface area contributed by atoms with Crippen LogP contribution in [-0.4, -0.2) is 32.0 Å². The molecule has 7 nitrogen and oxygen atoms in total. The number of hydrogen-bond acceptors (Lipinski definition) is 8. The van der Waals surface area contributed by atoms with Crippen LogP contribution in [0.3, 0.4) is 0 Å². The average Bonchev–Trinajstić information content (AvgIpc) is 3.31. The Morgan fingerprint density at radius 3 is 2.51 bits per heavy atom. The third kappa shape index (κ3) is 5.22. The minimum absolute atomic E-state index is 0.0555. The molecule has 3 aromatic carbocycles. The van der Waals surface area contributed by atoms with Crippen LogP contribution in [0.1, 0.15) is 24.0 Å². The normalized spacial score (nSPS) is 15.6. The number of hydrogen-bond donors (Lipinski definition) is 1. The Hall–Kier alpha value is -3.16. The van der Waals surface area contributed by atoms with Crippen LogP contribution in [0.2, 0.25) is 0 Å². The molecule has 0 saturated heterocycles. The molecule has 0 unspecified atom stereocenters. The van der Waals surface area contributed by atoms with Crippen molar-refractivity contribution in [3.05, 3.63) is 65.7 Å². The van der Waals surface area contributed by atoms with Crippen LogP contribution in [0, 0.1) is 0 Å². The van der Waals surface area contributed by atoms with Gasteiger partial charge in [-0.2, -0.15) is 21.6 Å². The van der Waals surface area contributed by atoms with Crippen molar-refractivity contribution >= 4 is 65.5 Å². The van der Waals surface area contributed by atoms with Gasteiger partial charge in [-0.25, -0.2) is 4.98 Å². The van der Waals surface area contributed by atoms with Gasteiger partial charge in [-0.05, 0) is 67.6 Å². The summed E-state index contributed by atoms with van der Waals surface area (Å²) in [6.45, 7) is 1.56. The van der Waals surface area contributed by atoms with E-state index in [1.165, 1.54) is 11.3 Å². The Bertz CT molecular complexity index is 1690. The maximum absolute atomic E-state index is 13.3. The lowest BCUT2D eigenvalue weighted by Crippen LogP contribution is -2.36. The molecule has 0 spiro atoms. The Morgan fingerprint density at radius 2 is 1.74 bits per heavy atom. The summed E-state index contributed by atoms with van der Waals surface area (Å²) in [5.74, 6) is 0. The molecule has 0 bridgehead atoms. The van der Waals surface area contributed by atoms with Gasteiger partial charge in [-0.1, -0.05) is 41.3 Å². The smallest absolute Gasteiger partial charge is 0.371 e. The van der Waals surface area contributed by atoms with Gasteiger partial charge in [0.15, 0.2) is 0 Å². The summed E-state index contributed by atoms with van der Waals surface area (Å²) in [6, 6.07) is 17.5. The minimum Gasteiger partial charge on any atom is -0.371 e. The van der Waals surface area contributed by atoms with Crippen LogP contribution in [0.5, 0.6) is 0 Å². The van der Waals surface area contributed by atoms with Gasteiger partial charge in [0.25, 0.3) is 0 Å². The highest BCUT2D eigenvalue weighted by molar-refractivity contribution is 7.99. The SMILES string of the molecule is O=S(=O)(Nc1c(N=Nc2nc3ccc(Sc4ccccc4)cc3s2)cc2c3c1CCCN3CCC2)C(F)(F)F. The van der Waals surface area contributed by atoms with Crippen molar-refractivity contribution in [2.24, 2.45) is 10.2 Å². The van der Waals surface area contributed by atoms with Gasteiger partial charge in [-0.3, -0.25) is 4.72 Å². The molecule has 39 heavy (non-hydrogen) atoms. The number of aromatic nitrogens is 1. The molecule has 0 saturated carbocycles. The van der Waals surface area contributed by atoms with Crippen LogP contribution in [0.25, 0.3) is 10.2 Å². The van der Waals surface area contributed by atoms with E-state index in [0.717, 1.165) is 57.2 Å². The lowest BCUT2D eigenvalue weighted by Gasteiger charge is -2.38. The van der Waals surface area contributed by atoms with Crippen molar-refractivity contribution in [1.29, 1.82) is 0 Å². The second kappa shape index (κ2) is 10.1. The molecule has 0 atom stereocenters. The summed E-state index contributed by atoms with van der Waals surface area (Å²) in [4.78, 5) is 8.74. The predicted molar refractivity (Wildman–Crippen MR) is 148 cm³/mol. The van der Waals surface area contributed by atoms with Gasteiger partial charge < -0.3 is 4.90 Å². The first-order valence-electron chi connectivity index (χ1n) is 12.3. The number of nitrogens with zero attached hydrogens (tertiary/aromatic N) is 4.